The molecule has 0 spiro atoms. The molecule has 0 aromatic heterocycles. The van der Waals surface area contributed by atoms with Crippen LogP contribution in [0.3, 0.4) is 0 Å². The van der Waals surface area contributed by atoms with E-state index in [1.807, 2.05) is 60.5 Å². The number of esters is 1. The summed E-state index contributed by atoms with van der Waals surface area (Å²) in [4.78, 5) is 16.4. The van der Waals surface area contributed by atoms with E-state index >= 15 is 0 Å². The molecule has 1 heterocycles. The summed E-state index contributed by atoms with van der Waals surface area (Å²) in [5, 5.41) is 1.89. The quantitative estimate of drug-likeness (QED) is 0.866. The Balaban J connectivity index is 2.08. The lowest BCUT2D eigenvalue weighted by molar-refractivity contribution is -0.133. The topological polar surface area (TPSA) is 53.9 Å². The third-order valence-corrected chi connectivity index (χ3v) is 3.56. The fourth-order valence-electron chi connectivity index (χ4n) is 2.43. The van der Waals surface area contributed by atoms with Crippen LogP contribution in [0.25, 0.3) is 0 Å². The molecule has 5 nitrogen and oxygen atoms in total. The minimum Gasteiger partial charge on any atom is -0.463 e. The number of ether oxygens (including phenoxy) is 1. The molecule has 1 N–H and O–H groups in total. The van der Waals surface area contributed by atoms with Crippen molar-refractivity contribution in [1.29, 1.82) is 0 Å². The Morgan fingerprint density at radius 3 is 2.68 bits per heavy atom. The van der Waals surface area contributed by atoms with E-state index in [4.69, 9.17) is 4.74 Å². The number of methoxy groups -OCH3 is 1. The second-order valence-corrected chi connectivity index (χ2v) is 5.07. The number of rotatable bonds is 2. The number of hydrazine groups is 1. The van der Waals surface area contributed by atoms with Gasteiger partial charge in [0.2, 0.25) is 5.84 Å². The zero-order valence-corrected chi connectivity index (χ0v) is 12.5. The largest absolute Gasteiger partial charge is 0.463 e. The smallest absolute Gasteiger partial charge is 0.375 e. The highest BCUT2D eigenvalue weighted by Gasteiger charge is 2.22. The zero-order valence-electron chi connectivity index (χ0n) is 12.5. The van der Waals surface area contributed by atoms with Crippen molar-refractivity contribution >= 4 is 23.2 Å². The van der Waals surface area contributed by atoms with E-state index in [2.05, 4.69) is 10.4 Å². The Morgan fingerprint density at radius 1 is 1.18 bits per heavy atom. The molecule has 0 unspecified atom stereocenters. The first kappa shape index (κ1) is 14.1. The number of aryl methyl sites for hydroxylation is 1. The van der Waals surface area contributed by atoms with E-state index in [-0.39, 0.29) is 5.84 Å². The Bertz CT molecular complexity index is 726. The third kappa shape index (κ3) is 2.65. The number of fused-ring (bicyclic) bond motifs is 1. The van der Waals surface area contributed by atoms with Gasteiger partial charge in [0.15, 0.2) is 0 Å². The van der Waals surface area contributed by atoms with Crippen LogP contribution < -0.4 is 10.4 Å². The standard InChI is InChI=1S/C17H17N3O2/c1-12-7-6-8-13-11-20(14-9-4-3-5-10-14)19-16(17(21)22-2)18-15(12)13/h3-10H,11H2,1-2H3,(H,18,19). The Kier molecular flexibility index (Phi) is 3.78. The van der Waals surface area contributed by atoms with Gasteiger partial charge in [-0.1, -0.05) is 36.4 Å². The molecule has 5 heteroatoms. The lowest BCUT2D eigenvalue weighted by Gasteiger charge is -2.24. The highest BCUT2D eigenvalue weighted by atomic mass is 16.5. The number of hydrogen-bond donors (Lipinski definition) is 1. The second kappa shape index (κ2) is 5.89. The molecule has 0 atom stereocenters. The minimum atomic E-state index is -0.489. The number of anilines is 1. The molecule has 0 bridgehead atoms. The Labute approximate surface area is 129 Å². The van der Waals surface area contributed by atoms with Gasteiger partial charge in [-0.05, 0) is 30.2 Å². The van der Waals surface area contributed by atoms with Crippen molar-refractivity contribution in [2.24, 2.45) is 4.99 Å². The Morgan fingerprint density at radius 2 is 1.95 bits per heavy atom. The van der Waals surface area contributed by atoms with Gasteiger partial charge in [-0.3, -0.25) is 10.4 Å². The van der Waals surface area contributed by atoms with E-state index in [0.717, 1.165) is 22.5 Å². The lowest BCUT2D eigenvalue weighted by atomic mass is 10.1. The number of amidine groups is 1. The van der Waals surface area contributed by atoms with Crippen LogP contribution in [0.5, 0.6) is 0 Å². The second-order valence-electron chi connectivity index (χ2n) is 5.07. The molecule has 0 saturated carbocycles. The number of aliphatic imine (C=N–C) groups is 1. The van der Waals surface area contributed by atoms with E-state index in [1.165, 1.54) is 7.11 Å². The van der Waals surface area contributed by atoms with Crippen molar-refractivity contribution in [3.8, 4) is 0 Å². The predicted molar refractivity (Wildman–Crippen MR) is 86.1 cm³/mol. The first-order valence-corrected chi connectivity index (χ1v) is 7.04. The summed E-state index contributed by atoms with van der Waals surface area (Å²) in [5.41, 5.74) is 6.91. The van der Waals surface area contributed by atoms with Crippen molar-refractivity contribution in [2.45, 2.75) is 13.5 Å². The fraction of sp³-hybridized carbons (Fsp3) is 0.176. The zero-order chi connectivity index (χ0) is 15.5. The average Bonchev–Trinajstić information content (AvgIpc) is 2.76. The van der Waals surface area contributed by atoms with Gasteiger partial charge in [0.05, 0.1) is 25.0 Å². The molecular formula is C17H17N3O2. The molecule has 1 aliphatic rings. The molecule has 112 valence electrons. The number of hydrogen-bond acceptors (Lipinski definition) is 5. The molecule has 0 aliphatic carbocycles. The fourth-order valence-corrected chi connectivity index (χ4v) is 2.43. The molecule has 0 fully saturated rings. The number of carbonyl (C=O) groups excluding carboxylic acids is 1. The summed E-state index contributed by atoms with van der Waals surface area (Å²) < 4.78 is 4.83. The van der Waals surface area contributed by atoms with Gasteiger partial charge < -0.3 is 4.74 Å². The maximum Gasteiger partial charge on any atom is 0.375 e. The molecule has 22 heavy (non-hydrogen) atoms. The van der Waals surface area contributed by atoms with Gasteiger partial charge in [-0.15, -0.1) is 0 Å². The normalized spacial score (nSPS) is 13.5. The highest BCUT2D eigenvalue weighted by molar-refractivity contribution is 6.36. The maximum atomic E-state index is 12.0. The SMILES string of the molecule is COC(=O)C1=Nc2c(C)cccc2CN(c2ccccc2)N1. The molecule has 0 saturated heterocycles. The number of para-hydroxylation sites is 2. The van der Waals surface area contributed by atoms with Crippen molar-refractivity contribution in [1.82, 2.24) is 5.43 Å². The van der Waals surface area contributed by atoms with Gasteiger partial charge >= 0.3 is 5.97 Å². The van der Waals surface area contributed by atoms with Crippen LogP contribution >= 0.6 is 0 Å². The van der Waals surface area contributed by atoms with Crippen LogP contribution in [0.15, 0.2) is 53.5 Å². The van der Waals surface area contributed by atoms with Crippen LogP contribution in [0.1, 0.15) is 11.1 Å². The summed E-state index contributed by atoms with van der Waals surface area (Å²) in [6.07, 6.45) is 0. The molecule has 0 radical (unpaired) electrons. The molecule has 2 aromatic rings. The van der Waals surface area contributed by atoms with Gasteiger partial charge in [0.25, 0.3) is 0 Å². The van der Waals surface area contributed by atoms with Gasteiger partial charge in [-0.25, -0.2) is 9.79 Å². The van der Waals surface area contributed by atoms with Gasteiger partial charge in [-0.2, -0.15) is 0 Å². The van der Waals surface area contributed by atoms with Gasteiger partial charge in [0, 0.05) is 0 Å². The molecule has 3 rings (SSSR count). The van der Waals surface area contributed by atoms with Crippen LogP contribution in [0.4, 0.5) is 11.4 Å². The summed E-state index contributed by atoms with van der Waals surface area (Å²) in [5.74, 6) is -0.309. The van der Waals surface area contributed by atoms with E-state index in [1.54, 1.807) is 0 Å². The summed E-state index contributed by atoms with van der Waals surface area (Å²) in [6, 6.07) is 15.8. The third-order valence-electron chi connectivity index (χ3n) is 3.56. The first-order chi connectivity index (χ1) is 10.7. The summed E-state index contributed by atoms with van der Waals surface area (Å²) >= 11 is 0. The Hall–Kier alpha value is -2.82. The van der Waals surface area contributed by atoms with Crippen LogP contribution in [0.2, 0.25) is 0 Å². The number of nitrogens with one attached hydrogen (secondary N) is 1. The highest BCUT2D eigenvalue weighted by Crippen LogP contribution is 2.28. The van der Waals surface area contributed by atoms with Crippen LogP contribution in [-0.4, -0.2) is 18.9 Å². The van der Waals surface area contributed by atoms with Crippen LogP contribution in [-0.2, 0) is 16.1 Å². The van der Waals surface area contributed by atoms with E-state index in [0.29, 0.717) is 6.54 Å². The molecular weight excluding hydrogens is 278 g/mol. The lowest BCUT2D eigenvalue weighted by Crippen LogP contribution is -2.44. The monoisotopic (exact) mass is 295 g/mol. The van der Waals surface area contributed by atoms with Gasteiger partial charge in [0.1, 0.15) is 0 Å². The summed E-state index contributed by atoms with van der Waals surface area (Å²) in [6.45, 7) is 2.58. The van der Waals surface area contributed by atoms with Crippen molar-refractivity contribution in [3.63, 3.8) is 0 Å². The number of carbonyl (C=O) groups is 1. The minimum absolute atomic E-state index is 0.180. The van der Waals surface area contributed by atoms with E-state index < -0.39 is 5.97 Å². The number of benzene rings is 2. The molecule has 1 aliphatic heterocycles. The van der Waals surface area contributed by atoms with Crippen molar-refractivity contribution in [3.05, 3.63) is 59.7 Å². The van der Waals surface area contributed by atoms with Crippen molar-refractivity contribution < 1.29 is 9.53 Å². The first-order valence-electron chi connectivity index (χ1n) is 7.04. The summed E-state index contributed by atoms with van der Waals surface area (Å²) in [7, 11) is 1.35. The molecule has 2 aromatic carbocycles. The number of nitrogens with zero attached hydrogens (tertiary/aromatic N) is 2. The van der Waals surface area contributed by atoms with Crippen LogP contribution in [0, 0.1) is 6.92 Å². The van der Waals surface area contributed by atoms with Crippen molar-refractivity contribution in [2.75, 3.05) is 12.1 Å². The van der Waals surface area contributed by atoms with E-state index in [9.17, 15) is 4.79 Å². The predicted octanol–water partition coefficient (Wildman–Crippen LogP) is 2.72. The average molecular weight is 295 g/mol. The molecule has 0 amide bonds. The maximum absolute atomic E-state index is 12.0.